The van der Waals surface area contributed by atoms with Crippen LogP contribution in [0.2, 0.25) is 0 Å². The predicted octanol–water partition coefficient (Wildman–Crippen LogP) is 2.18. The fraction of sp³-hybridized carbons (Fsp3) is 0.333. The summed E-state index contributed by atoms with van der Waals surface area (Å²) < 4.78 is 38.9. The average molecular weight is 270 g/mol. The van der Waals surface area contributed by atoms with E-state index in [1.165, 1.54) is 16.8 Å². The summed E-state index contributed by atoms with van der Waals surface area (Å²) in [6.45, 7) is 1.84. The van der Waals surface area contributed by atoms with Gasteiger partial charge in [-0.3, -0.25) is 0 Å². The summed E-state index contributed by atoms with van der Waals surface area (Å²) in [6, 6.07) is 4.69. The number of nitrogens with zero attached hydrogens (tertiary/aromatic N) is 3. The molecule has 19 heavy (non-hydrogen) atoms. The largest absolute Gasteiger partial charge is 0.416 e. The lowest BCUT2D eigenvalue weighted by Crippen LogP contribution is -2.20. The Balaban J connectivity index is 2.30. The molecule has 1 aromatic heterocycles. The van der Waals surface area contributed by atoms with E-state index in [0.29, 0.717) is 12.1 Å². The Labute approximate surface area is 108 Å². The van der Waals surface area contributed by atoms with E-state index in [9.17, 15) is 13.2 Å². The Morgan fingerprint density at radius 3 is 2.42 bits per heavy atom. The van der Waals surface area contributed by atoms with Crippen LogP contribution in [-0.4, -0.2) is 21.0 Å². The Kier molecular flexibility index (Phi) is 3.57. The van der Waals surface area contributed by atoms with E-state index >= 15 is 0 Å². The van der Waals surface area contributed by atoms with Crippen LogP contribution in [0.1, 0.15) is 18.2 Å². The second-order valence-corrected chi connectivity index (χ2v) is 4.36. The number of rotatable bonds is 3. The highest BCUT2D eigenvalue weighted by Gasteiger charge is 2.30. The second kappa shape index (κ2) is 5.00. The van der Waals surface area contributed by atoms with E-state index < -0.39 is 11.7 Å². The van der Waals surface area contributed by atoms with Crippen LogP contribution in [-0.2, 0) is 12.6 Å². The Morgan fingerprint density at radius 2 is 1.89 bits per heavy atom. The van der Waals surface area contributed by atoms with Gasteiger partial charge in [0, 0.05) is 12.5 Å². The third kappa shape index (κ3) is 3.11. The van der Waals surface area contributed by atoms with Crippen molar-refractivity contribution in [2.75, 3.05) is 0 Å². The first kappa shape index (κ1) is 13.5. The molecule has 0 saturated carbocycles. The monoisotopic (exact) mass is 270 g/mol. The molecule has 1 aromatic carbocycles. The van der Waals surface area contributed by atoms with E-state index in [0.717, 1.165) is 17.8 Å². The topological polar surface area (TPSA) is 56.7 Å². The van der Waals surface area contributed by atoms with Gasteiger partial charge >= 0.3 is 6.18 Å². The molecule has 0 radical (unpaired) electrons. The first-order chi connectivity index (χ1) is 8.88. The van der Waals surface area contributed by atoms with Crippen LogP contribution in [0.15, 0.2) is 30.5 Å². The van der Waals surface area contributed by atoms with E-state index in [-0.39, 0.29) is 6.04 Å². The van der Waals surface area contributed by atoms with Gasteiger partial charge in [0.05, 0.1) is 23.1 Å². The van der Waals surface area contributed by atoms with Crippen molar-refractivity contribution in [2.24, 2.45) is 5.73 Å². The molecular weight excluding hydrogens is 257 g/mol. The molecule has 0 amide bonds. The normalized spacial score (nSPS) is 13.5. The first-order valence-corrected chi connectivity index (χ1v) is 5.70. The van der Waals surface area contributed by atoms with Gasteiger partial charge in [0.15, 0.2) is 0 Å². The number of benzene rings is 1. The molecule has 2 N–H and O–H groups in total. The van der Waals surface area contributed by atoms with Crippen LogP contribution < -0.4 is 5.73 Å². The van der Waals surface area contributed by atoms with Crippen molar-refractivity contribution in [1.29, 1.82) is 0 Å². The summed E-state index contributed by atoms with van der Waals surface area (Å²) in [5.41, 5.74) is 6.29. The first-order valence-electron chi connectivity index (χ1n) is 5.70. The van der Waals surface area contributed by atoms with Crippen molar-refractivity contribution in [2.45, 2.75) is 25.6 Å². The molecule has 1 unspecified atom stereocenters. The van der Waals surface area contributed by atoms with E-state index in [4.69, 9.17) is 5.73 Å². The highest BCUT2D eigenvalue weighted by Crippen LogP contribution is 2.29. The van der Waals surface area contributed by atoms with Crippen LogP contribution in [0, 0.1) is 0 Å². The van der Waals surface area contributed by atoms with Crippen molar-refractivity contribution >= 4 is 0 Å². The molecule has 102 valence electrons. The van der Waals surface area contributed by atoms with Gasteiger partial charge in [0.25, 0.3) is 0 Å². The summed E-state index contributed by atoms with van der Waals surface area (Å²) in [4.78, 5) is 0. The average Bonchev–Trinajstić information content (AvgIpc) is 2.75. The van der Waals surface area contributed by atoms with Crippen LogP contribution in [0.3, 0.4) is 0 Å². The maximum absolute atomic E-state index is 12.5. The zero-order valence-corrected chi connectivity index (χ0v) is 10.2. The molecule has 0 saturated heterocycles. The van der Waals surface area contributed by atoms with Gasteiger partial charge in [0.1, 0.15) is 0 Å². The Bertz CT molecular complexity index is 543. The zero-order valence-electron chi connectivity index (χ0n) is 10.2. The minimum atomic E-state index is -4.34. The molecule has 4 nitrogen and oxygen atoms in total. The molecule has 0 spiro atoms. The van der Waals surface area contributed by atoms with Crippen LogP contribution in [0.4, 0.5) is 13.2 Å². The summed E-state index contributed by atoms with van der Waals surface area (Å²) in [7, 11) is 0. The number of halogens is 3. The van der Waals surface area contributed by atoms with Gasteiger partial charge in [-0.1, -0.05) is 5.21 Å². The van der Waals surface area contributed by atoms with Gasteiger partial charge in [-0.05, 0) is 31.2 Å². The lowest BCUT2D eigenvalue weighted by atomic mass is 10.2. The van der Waals surface area contributed by atoms with Gasteiger partial charge in [-0.15, -0.1) is 5.10 Å². The number of hydrogen-bond acceptors (Lipinski definition) is 3. The van der Waals surface area contributed by atoms with Gasteiger partial charge in [-0.25, -0.2) is 4.68 Å². The summed E-state index contributed by atoms with van der Waals surface area (Å²) >= 11 is 0. The van der Waals surface area contributed by atoms with Crippen molar-refractivity contribution < 1.29 is 13.2 Å². The highest BCUT2D eigenvalue weighted by molar-refractivity contribution is 5.36. The number of hydrogen-bond donors (Lipinski definition) is 1. The second-order valence-electron chi connectivity index (χ2n) is 4.36. The third-order valence-corrected chi connectivity index (χ3v) is 2.59. The molecule has 0 aliphatic rings. The summed E-state index contributed by atoms with van der Waals surface area (Å²) in [5.74, 6) is 0. The standard InChI is InChI=1S/C12H13F3N4/c1-8(16)6-11-7-17-18-19(11)10-4-2-9(3-5-10)12(13,14)15/h2-5,7-8H,6,16H2,1H3. The lowest BCUT2D eigenvalue weighted by molar-refractivity contribution is -0.137. The molecule has 2 aromatic rings. The maximum atomic E-state index is 12.5. The van der Waals surface area contributed by atoms with Crippen molar-refractivity contribution in [3.63, 3.8) is 0 Å². The SMILES string of the molecule is CC(N)Cc1cnnn1-c1ccc(C(F)(F)F)cc1. The van der Waals surface area contributed by atoms with Crippen LogP contribution in [0.5, 0.6) is 0 Å². The quantitative estimate of drug-likeness (QED) is 0.930. The molecular formula is C12H13F3N4. The predicted molar refractivity (Wildman–Crippen MR) is 63.7 cm³/mol. The number of aromatic nitrogens is 3. The van der Waals surface area contributed by atoms with Gasteiger partial charge in [0.2, 0.25) is 0 Å². The molecule has 0 bridgehead atoms. The minimum Gasteiger partial charge on any atom is -0.328 e. The smallest absolute Gasteiger partial charge is 0.328 e. The van der Waals surface area contributed by atoms with E-state index in [2.05, 4.69) is 10.3 Å². The number of nitrogens with two attached hydrogens (primary N) is 1. The summed E-state index contributed by atoms with van der Waals surface area (Å²) in [5, 5.41) is 7.62. The van der Waals surface area contributed by atoms with Crippen LogP contribution in [0.25, 0.3) is 5.69 Å². The third-order valence-electron chi connectivity index (χ3n) is 2.59. The fourth-order valence-corrected chi connectivity index (χ4v) is 1.73. The zero-order chi connectivity index (χ0) is 14.0. The van der Waals surface area contributed by atoms with Gasteiger partial charge < -0.3 is 5.73 Å². The van der Waals surface area contributed by atoms with Gasteiger partial charge in [-0.2, -0.15) is 13.2 Å². The number of alkyl halides is 3. The van der Waals surface area contributed by atoms with Crippen LogP contribution >= 0.6 is 0 Å². The molecule has 7 heteroatoms. The molecule has 2 rings (SSSR count). The fourth-order valence-electron chi connectivity index (χ4n) is 1.73. The molecule has 0 aliphatic carbocycles. The van der Waals surface area contributed by atoms with E-state index in [1.54, 1.807) is 6.20 Å². The molecule has 1 atom stereocenters. The van der Waals surface area contributed by atoms with Crippen molar-refractivity contribution in [1.82, 2.24) is 15.0 Å². The van der Waals surface area contributed by atoms with Crippen molar-refractivity contribution in [3.8, 4) is 5.69 Å². The maximum Gasteiger partial charge on any atom is 0.416 e. The van der Waals surface area contributed by atoms with E-state index in [1.807, 2.05) is 6.92 Å². The molecule has 0 aliphatic heterocycles. The van der Waals surface area contributed by atoms with Crippen molar-refractivity contribution in [3.05, 3.63) is 41.7 Å². The highest BCUT2D eigenvalue weighted by atomic mass is 19.4. The lowest BCUT2D eigenvalue weighted by Gasteiger charge is -2.10. The Morgan fingerprint density at radius 1 is 1.26 bits per heavy atom. The summed E-state index contributed by atoms with van der Waals surface area (Å²) in [6.07, 6.45) is -2.23. The minimum absolute atomic E-state index is 0.0771. The molecule has 1 heterocycles. The Hall–Kier alpha value is -1.89. The molecule has 0 fully saturated rings.